The molecule has 0 bridgehead atoms. The van der Waals surface area contributed by atoms with Gasteiger partial charge in [0.2, 0.25) is 0 Å². The van der Waals surface area contributed by atoms with Crippen molar-refractivity contribution < 1.29 is 19.7 Å². The fourth-order valence-corrected chi connectivity index (χ4v) is 3.57. The van der Waals surface area contributed by atoms with Crippen LogP contribution in [-0.4, -0.2) is 59.1 Å². The molecule has 19 heavy (non-hydrogen) atoms. The Morgan fingerprint density at radius 3 is 2.63 bits per heavy atom. The van der Waals surface area contributed by atoms with E-state index < -0.39 is 11.6 Å². The van der Waals surface area contributed by atoms with Crippen molar-refractivity contribution in [1.82, 2.24) is 5.32 Å². The van der Waals surface area contributed by atoms with Gasteiger partial charge in [-0.2, -0.15) is 11.8 Å². The molecule has 0 aromatic heterocycles. The molecule has 0 spiro atoms. The highest BCUT2D eigenvalue weighted by atomic mass is 32.2. The monoisotopic (exact) mass is 289 g/mol. The summed E-state index contributed by atoms with van der Waals surface area (Å²) in [5, 5.41) is 21.7. The standard InChI is InChI=1S/C13H23NO4S/c1-18-12(17)13(9-2-3-9,14-10-4-5-10)8-19-7-11(16)6-15/h9-11,14-16H,2-8H2,1H3. The summed E-state index contributed by atoms with van der Waals surface area (Å²) >= 11 is 1.50. The van der Waals surface area contributed by atoms with E-state index in [0.29, 0.717) is 23.5 Å². The second kappa shape index (κ2) is 6.43. The average Bonchev–Trinajstić information content (AvgIpc) is 3.28. The summed E-state index contributed by atoms with van der Waals surface area (Å²) in [5.74, 6) is 1.19. The molecular formula is C13H23NO4S. The van der Waals surface area contributed by atoms with Crippen molar-refractivity contribution in [3.05, 3.63) is 0 Å². The lowest BCUT2D eigenvalue weighted by Crippen LogP contribution is -2.57. The predicted octanol–water partition coefficient (Wildman–Crippen LogP) is 0.147. The van der Waals surface area contributed by atoms with Gasteiger partial charge in [-0.05, 0) is 31.6 Å². The molecular weight excluding hydrogens is 266 g/mol. The van der Waals surface area contributed by atoms with Crippen molar-refractivity contribution in [2.75, 3.05) is 25.2 Å². The van der Waals surface area contributed by atoms with Gasteiger partial charge < -0.3 is 14.9 Å². The number of esters is 1. The Bertz CT molecular complexity index is 320. The number of rotatable bonds is 9. The lowest BCUT2D eigenvalue weighted by molar-refractivity contribution is -0.148. The fraction of sp³-hybridized carbons (Fsp3) is 0.923. The lowest BCUT2D eigenvalue weighted by Gasteiger charge is -2.32. The van der Waals surface area contributed by atoms with Crippen molar-refractivity contribution in [2.24, 2.45) is 5.92 Å². The third-order valence-corrected chi connectivity index (χ3v) is 4.99. The number of hydrogen-bond donors (Lipinski definition) is 3. The van der Waals surface area contributed by atoms with E-state index in [9.17, 15) is 9.90 Å². The van der Waals surface area contributed by atoms with Crippen LogP contribution in [0.1, 0.15) is 25.7 Å². The number of nitrogens with one attached hydrogen (secondary N) is 1. The number of thioether (sulfide) groups is 1. The first-order valence-electron chi connectivity index (χ1n) is 6.85. The summed E-state index contributed by atoms with van der Waals surface area (Å²) in [6.45, 7) is -0.238. The SMILES string of the molecule is COC(=O)C(CSCC(O)CO)(NC1CC1)C1CC1. The van der Waals surface area contributed by atoms with Gasteiger partial charge in [0.25, 0.3) is 0 Å². The quantitative estimate of drug-likeness (QED) is 0.524. The van der Waals surface area contributed by atoms with Crippen molar-refractivity contribution in [3.63, 3.8) is 0 Å². The van der Waals surface area contributed by atoms with Gasteiger partial charge in [-0.25, -0.2) is 0 Å². The van der Waals surface area contributed by atoms with Gasteiger partial charge in [-0.1, -0.05) is 0 Å². The van der Waals surface area contributed by atoms with E-state index in [1.807, 2.05) is 0 Å². The summed E-state index contributed by atoms with van der Waals surface area (Å²) in [5.41, 5.74) is -0.601. The van der Waals surface area contributed by atoms with E-state index >= 15 is 0 Å². The second-order valence-corrected chi connectivity index (χ2v) is 6.54. The lowest BCUT2D eigenvalue weighted by atomic mass is 9.95. The molecule has 0 aromatic carbocycles. The largest absolute Gasteiger partial charge is 0.468 e. The Kier molecular flexibility index (Phi) is 5.11. The summed E-state index contributed by atoms with van der Waals surface area (Å²) < 4.78 is 5.00. The zero-order valence-electron chi connectivity index (χ0n) is 11.3. The maximum atomic E-state index is 12.2. The molecule has 2 atom stereocenters. The first kappa shape index (κ1) is 15.1. The summed E-state index contributed by atoms with van der Waals surface area (Å²) in [7, 11) is 1.43. The Hall–Kier alpha value is -0.300. The summed E-state index contributed by atoms with van der Waals surface area (Å²) in [6.07, 6.45) is 3.63. The van der Waals surface area contributed by atoms with Crippen LogP contribution in [0.25, 0.3) is 0 Å². The maximum absolute atomic E-state index is 12.2. The van der Waals surface area contributed by atoms with E-state index in [-0.39, 0.29) is 12.6 Å². The van der Waals surface area contributed by atoms with Crippen LogP contribution in [0, 0.1) is 5.92 Å². The molecule has 2 rings (SSSR count). The van der Waals surface area contributed by atoms with Crippen molar-refractivity contribution in [3.8, 4) is 0 Å². The molecule has 0 heterocycles. The van der Waals surface area contributed by atoms with Crippen LogP contribution in [0.4, 0.5) is 0 Å². The molecule has 2 aliphatic rings. The van der Waals surface area contributed by atoms with Gasteiger partial charge in [0, 0.05) is 17.5 Å². The maximum Gasteiger partial charge on any atom is 0.327 e. The molecule has 0 amide bonds. The van der Waals surface area contributed by atoms with Gasteiger partial charge in [-0.3, -0.25) is 10.1 Å². The zero-order valence-corrected chi connectivity index (χ0v) is 12.1. The molecule has 3 N–H and O–H groups in total. The average molecular weight is 289 g/mol. The number of carbonyl (C=O) groups excluding carboxylic acids is 1. The zero-order chi connectivity index (χ0) is 13.9. The Balaban J connectivity index is 1.96. The van der Waals surface area contributed by atoms with Crippen LogP contribution in [0.3, 0.4) is 0 Å². The number of carbonyl (C=O) groups is 1. The molecule has 2 unspecified atom stereocenters. The Morgan fingerprint density at radius 1 is 1.47 bits per heavy atom. The van der Waals surface area contributed by atoms with Crippen LogP contribution in [0.15, 0.2) is 0 Å². The molecule has 2 fully saturated rings. The highest BCUT2D eigenvalue weighted by Crippen LogP contribution is 2.44. The van der Waals surface area contributed by atoms with E-state index in [4.69, 9.17) is 9.84 Å². The van der Waals surface area contributed by atoms with E-state index in [1.54, 1.807) is 0 Å². The van der Waals surface area contributed by atoms with E-state index in [1.165, 1.54) is 18.9 Å². The van der Waals surface area contributed by atoms with Gasteiger partial charge in [0.05, 0.1) is 19.8 Å². The minimum Gasteiger partial charge on any atom is -0.468 e. The first-order valence-corrected chi connectivity index (χ1v) is 8.00. The minimum atomic E-state index is -0.722. The third-order valence-electron chi connectivity index (χ3n) is 3.71. The molecule has 0 saturated heterocycles. The van der Waals surface area contributed by atoms with Crippen LogP contribution < -0.4 is 5.32 Å². The molecule has 0 aliphatic heterocycles. The third kappa shape index (κ3) is 3.84. The van der Waals surface area contributed by atoms with Gasteiger partial charge >= 0.3 is 5.97 Å². The minimum absolute atomic E-state index is 0.187. The van der Waals surface area contributed by atoms with Crippen LogP contribution in [0.2, 0.25) is 0 Å². The number of hydrogen-bond acceptors (Lipinski definition) is 6. The van der Waals surface area contributed by atoms with E-state index in [2.05, 4.69) is 5.32 Å². The highest BCUT2D eigenvalue weighted by Gasteiger charge is 2.53. The molecule has 2 saturated carbocycles. The van der Waals surface area contributed by atoms with Gasteiger partial charge in [0.15, 0.2) is 0 Å². The number of aliphatic hydroxyl groups is 2. The van der Waals surface area contributed by atoms with Crippen molar-refractivity contribution in [2.45, 2.75) is 43.4 Å². The molecule has 6 heteroatoms. The molecule has 5 nitrogen and oxygen atoms in total. The van der Waals surface area contributed by atoms with Crippen LogP contribution in [-0.2, 0) is 9.53 Å². The highest BCUT2D eigenvalue weighted by molar-refractivity contribution is 7.99. The van der Waals surface area contributed by atoms with Crippen LogP contribution in [0.5, 0.6) is 0 Å². The Morgan fingerprint density at radius 2 is 2.16 bits per heavy atom. The van der Waals surface area contributed by atoms with Gasteiger partial charge in [-0.15, -0.1) is 0 Å². The molecule has 110 valence electrons. The predicted molar refractivity (Wildman–Crippen MR) is 74.0 cm³/mol. The Labute approximate surface area is 118 Å². The molecule has 0 aromatic rings. The first-order chi connectivity index (χ1) is 9.12. The number of aliphatic hydroxyl groups excluding tert-OH is 2. The fourth-order valence-electron chi connectivity index (χ4n) is 2.32. The van der Waals surface area contributed by atoms with Gasteiger partial charge in [0.1, 0.15) is 5.54 Å². The van der Waals surface area contributed by atoms with Crippen molar-refractivity contribution >= 4 is 17.7 Å². The van der Waals surface area contributed by atoms with E-state index in [0.717, 1.165) is 25.7 Å². The smallest absolute Gasteiger partial charge is 0.327 e. The second-order valence-electron chi connectivity index (χ2n) is 5.51. The number of methoxy groups -OCH3 is 1. The van der Waals surface area contributed by atoms with Crippen molar-refractivity contribution in [1.29, 1.82) is 0 Å². The number of ether oxygens (including phenoxy) is 1. The molecule has 2 aliphatic carbocycles. The summed E-state index contributed by atoms with van der Waals surface area (Å²) in [4.78, 5) is 12.2. The normalized spacial score (nSPS) is 23.7. The topological polar surface area (TPSA) is 78.8 Å². The van der Waals surface area contributed by atoms with Crippen LogP contribution >= 0.6 is 11.8 Å². The summed E-state index contributed by atoms with van der Waals surface area (Å²) in [6, 6.07) is 0.433. The molecule has 0 radical (unpaired) electrons.